The number of carboxylic acid groups (broad SMARTS) is 1. The zero-order valence-corrected chi connectivity index (χ0v) is 16.0. The Morgan fingerprint density at radius 2 is 2.11 bits per heavy atom. The van der Waals surface area contributed by atoms with Crippen molar-refractivity contribution in [3.05, 3.63) is 52.6 Å². The number of fused-ring (bicyclic) bond motifs is 3. The molecular weight excluding hydrogens is 350 g/mol. The molecule has 5 rings (SSSR count). The lowest BCUT2D eigenvalue weighted by atomic mass is 9.86. The average Bonchev–Trinajstić information content (AvgIpc) is 3.02. The number of aryl methyl sites for hydroxylation is 2. The van der Waals surface area contributed by atoms with Crippen LogP contribution in [-0.2, 0) is 6.42 Å². The van der Waals surface area contributed by atoms with E-state index >= 15 is 0 Å². The first-order chi connectivity index (χ1) is 13.6. The molecule has 1 fully saturated rings. The van der Waals surface area contributed by atoms with Crippen molar-refractivity contribution in [2.75, 3.05) is 24.5 Å². The standard InChI is InChI=1S/C23H23N3O2/c1-14-9-15(12-24)4-5-18(14)17-10-16-3-2-7-26-21-6-8-25(23(27)28)13-20(21)19(11-17)22(16)26/h4-5,9-11,20-21H,2-3,6-8,13H2,1H3,(H,27,28)/t20-,21-/m0/s1. The number of nitrogens with zero attached hydrogens (tertiary/aromatic N) is 3. The molecule has 0 unspecified atom stereocenters. The van der Waals surface area contributed by atoms with Crippen molar-refractivity contribution in [2.45, 2.75) is 38.1 Å². The minimum absolute atomic E-state index is 0.246. The second-order valence-electron chi connectivity index (χ2n) is 8.20. The van der Waals surface area contributed by atoms with Crippen molar-refractivity contribution in [3.63, 3.8) is 0 Å². The van der Waals surface area contributed by atoms with Gasteiger partial charge in [-0.25, -0.2) is 4.79 Å². The summed E-state index contributed by atoms with van der Waals surface area (Å²) < 4.78 is 0. The molecule has 2 atom stereocenters. The van der Waals surface area contributed by atoms with E-state index in [0.717, 1.165) is 36.9 Å². The van der Waals surface area contributed by atoms with Gasteiger partial charge in [0.25, 0.3) is 0 Å². The average molecular weight is 373 g/mol. The van der Waals surface area contributed by atoms with E-state index < -0.39 is 6.09 Å². The van der Waals surface area contributed by atoms with Crippen LogP contribution in [0.4, 0.5) is 10.5 Å². The van der Waals surface area contributed by atoms with Gasteiger partial charge < -0.3 is 14.9 Å². The number of hydrogen-bond acceptors (Lipinski definition) is 3. The number of benzene rings is 2. The molecule has 1 amide bonds. The highest BCUT2D eigenvalue weighted by molar-refractivity contribution is 5.78. The molecule has 28 heavy (non-hydrogen) atoms. The van der Waals surface area contributed by atoms with E-state index in [1.807, 2.05) is 18.2 Å². The van der Waals surface area contributed by atoms with Gasteiger partial charge in [0, 0.05) is 37.3 Å². The summed E-state index contributed by atoms with van der Waals surface area (Å²) in [4.78, 5) is 15.7. The van der Waals surface area contributed by atoms with Crippen LogP contribution >= 0.6 is 0 Å². The predicted molar refractivity (Wildman–Crippen MR) is 108 cm³/mol. The van der Waals surface area contributed by atoms with Crippen molar-refractivity contribution < 1.29 is 9.90 Å². The minimum Gasteiger partial charge on any atom is -0.465 e. The Kier molecular flexibility index (Phi) is 3.83. The van der Waals surface area contributed by atoms with E-state index in [1.165, 1.54) is 22.4 Å². The summed E-state index contributed by atoms with van der Waals surface area (Å²) in [7, 11) is 0. The molecule has 0 saturated carbocycles. The number of nitriles is 1. The number of piperidine rings is 1. The molecule has 5 heteroatoms. The van der Waals surface area contributed by atoms with Gasteiger partial charge in [0.15, 0.2) is 0 Å². The Balaban J connectivity index is 1.63. The smallest absolute Gasteiger partial charge is 0.407 e. The van der Waals surface area contributed by atoms with Gasteiger partial charge in [-0.1, -0.05) is 6.07 Å². The van der Waals surface area contributed by atoms with Crippen LogP contribution in [0.5, 0.6) is 0 Å². The summed E-state index contributed by atoms with van der Waals surface area (Å²) in [6.07, 6.45) is 2.31. The molecule has 0 aliphatic carbocycles. The number of anilines is 1. The van der Waals surface area contributed by atoms with E-state index in [9.17, 15) is 9.90 Å². The van der Waals surface area contributed by atoms with Crippen LogP contribution in [0.15, 0.2) is 30.3 Å². The Labute approximate surface area is 164 Å². The molecule has 0 bridgehead atoms. The Morgan fingerprint density at radius 1 is 1.25 bits per heavy atom. The highest BCUT2D eigenvalue weighted by Crippen LogP contribution is 2.50. The molecule has 142 valence electrons. The molecule has 2 aromatic rings. The third kappa shape index (κ3) is 2.48. The first-order valence-electron chi connectivity index (χ1n) is 9.99. The van der Waals surface area contributed by atoms with Crippen molar-refractivity contribution in [1.82, 2.24) is 4.90 Å². The molecule has 3 heterocycles. The fourth-order valence-electron chi connectivity index (χ4n) is 5.43. The third-order valence-electron chi connectivity index (χ3n) is 6.66. The van der Waals surface area contributed by atoms with Gasteiger partial charge in [0.05, 0.1) is 11.6 Å². The highest BCUT2D eigenvalue weighted by atomic mass is 16.4. The lowest BCUT2D eigenvalue weighted by molar-refractivity contribution is 0.127. The normalized spacial score (nSPS) is 22.4. The van der Waals surface area contributed by atoms with Crippen molar-refractivity contribution in [1.29, 1.82) is 5.26 Å². The Bertz CT molecular complexity index is 1020. The molecule has 3 aliphatic heterocycles. The van der Waals surface area contributed by atoms with Crippen LogP contribution < -0.4 is 4.90 Å². The molecule has 2 aromatic carbocycles. The summed E-state index contributed by atoms with van der Waals surface area (Å²) in [5.74, 6) is 0.246. The van der Waals surface area contributed by atoms with Gasteiger partial charge in [-0.2, -0.15) is 5.26 Å². The SMILES string of the molecule is Cc1cc(C#N)ccc1-c1cc2c3c(c1)[C@@H]1CN(C(=O)O)CC[C@@H]1N3CCC2. The van der Waals surface area contributed by atoms with Gasteiger partial charge in [-0.05, 0) is 78.3 Å². The molecule has 5 nitrogen and oxygen atoms in total. The fraction of sp³-hybridized carbons (Fsp3) is 0.391. The van der Waals surface area contributed by atoms with Gasteiger partial charge in [0.2, 0.25) is 0 Å². The van der Waals surface area contributed by atoms with E-state index in [4.69, 9.17) is 5.26 Å². The highest BCUT2D eigenvalue weighted by Gasteiger charge is 2.44. The summed E-state index contributed by atoms with van der Waals surface area (Å²) in [5, 5.41) is 18.7. The van der Waals surface area contributed by atoms with Crippen molar-refractivity contribution in [3.8, 4) is 17.2 Å². The number of likely N-dealkylation sites (tertiary alicyclic amines) is 1. The van der Waals surface area contributed by atoms with Crippen LogP contribution in [0.1, 0.15) is 41.0 Å². The molecule has 0 aromatic heterocycles. The lowest BCUT2D eigenvalue weighted by Gasteiger charge is -2.39. The van der Waals surface area contributed by atoms with Gasteiger partial charge in [-0.3, -0.25) is 0 Å². The maximum Gasteiger partial charge on any atom is 0.407 e. The van der Waals surface area contributed by atoms with Crippen molar-refractivity contribution >= 4 is 11.8 Å². The second-order valence-corrected chi connectivity index (χ2v) is 8.20. The monoisotopic (exact) mass is 373 g/mol. The quantitative estimate of drug-likeness (QED) is 0.816. The molecule has 0 radical (unpaired) electrons. The van der Waals surface area contributed by atoms with E-state index in [2.05, 4.69) is 30.0 Å². The largest absolute Gasteiger partial charge is 0.465 e. The third-order valence-corrected chi connectivity index (χ3v) is 6.66. The first-order valence-corrected chi connectivity index (χ1v) is 9.99. The predicted octanol–water partition coefficient (Wildman–Crippen LogP) is 4.14. The van der Waals surface area contributed by atoms with Gasteiger partial charge >= 0.3 is 6.09 Å². The zero-order chi connectivity index (χ0) is 19.4. The number of rotatable bonds is 1. The van der Waals surface area contributed by atoms with Gasteiger partial charge in [0.1, 0.15) is 0 Å². The van der Waals surface area contributed by atoms with Crippen molar-refractivity contribution in [2.24, 2.45) is 0 Å². The summed E-state index contributed by atoms with van der Waals surface area (Å²) in [6.45, 7) is 4.33. The molecular formula is C23H23N3O2. The molecule has 1 saturated heterocycles. The zero-order valence-electron chi connectivity index (χ0n) is 16.0. The second kappa shape index (κ2) is 6.27. The molecule has 0 spiro atoms. The lowest BCUT2D eigenvalue weighted by Crippen LogP contribution is -2.48. The van der Waals surface area contributed by atoms with E-state index in [0.29, 0.717) is 24.7 Å². The van der Waals surface area contributed by atoms with Crippen LogP contribution in [0.25, 0.3) is 11.1 Å². The van der Waals surface area contributed by atoms with E-state index in [1.54, 1.807) is 4.90 Å². The number of amides is 1. The first kappa shape index (κ1) is 17.1. The Hall–Kier alpha value is -3.00. The maximum absolute atomic E-state index is 11.6. The summed E-state index contributed by atoms with van der Waals surface area (Å²) in [5.41, 5.74) is 8.19. The fourth-order valence-corrected chi connectivity index (χ4v) is 5.43. The number of hydrogen-bond donors (Lipinski definition) is 1. The number of carbonyl (C=O) groups is 1. The maximum atomic E-state index is 11.6. The van der Waals surface area contributed by atoms with Gasteiger partial charge in [-0.15, -0.1) is 0 Å². The summed E-state index contributed by atoms with van der Waals surface area (Å²) >= 11 is 0. The molecule has 1 N–H and O–H groups in total. The van der Waals surface area contributed by atoms with Crippen LogP contribution in [0.3, 0.4) is 0 Å². The van der Waals surface area contributed by atoms with Crippen LogP contribution in [0.2, 0.25) is 0 Å². The molecule has 3 aliphatic rings. The Morgan fingerprint density at radius 3 is 2.86 bits per heavy atom. The topological polar surface area (TPSA) is 67.6 Å². The van der Waals surface area contributed by atoms with Crippen LogP contribution in [-0.4, -0.2) is 41.8 Å². The summed E-state index contributed by atoms with van der Waals surface area (Å²) in [6, 6.07) is 13.1. The van der Waals surface area contributed by atoms with E-state index in [-0.39, 0.29) is 5.92 Å². The van der Waals surface area contributed by atoms with Crippen LogP contribution in [0, 0.1) is 18.3 Å². The minimum atomic E-state index is -0.812.